The predicted molar refractivity (Wildman–Crippen MR) is 140 cm³/mol. The molecule has 3 aliphatic rings. The van der Waals surface area contributed by atoms with Gasteiger partial charge in [-0.15, -0.1) is 0 Å². The smallest absolute Gasteiger partial charge is 0.423 e. The van der Waals surface area contributed by atoms with E-state index >= 15 is 0 Å². The third-order valence-electron chi connectivity index (χ3n) is 7.82. The molecule has 2 saturated heterocycles. The van der Waals surface area contributed by atoms with Crippen LogP contribution in [0.1, 0.15) is 50.3 Å². The van der Waals surface area contributed by atoms with Crippen LogP contribution in [0, 0.1) is 17.8 Å². The Labute approximate surface area is 222 Å². The summed E-state index contributed by atoms with van der Waals surface area (Å²) in [5.74, 6) is -2.08. The zero-order chi connectivity index (χ0) is 26.8. The topological polar surface area (TPSA) is 106 Å². The predicted octanol–water partition coefficient (Wildman–Crippen LogP) is 4.99. The number of benzene rings is 1. The minimum atomic E-state index is -0.914. The highest BCUT2D eigenvalue weighted by molar-refractivity contribution is 6.16. The van der Waals surface area contributed by atoms with Crippen LogP contribution in [0.4, 0.5) is 4.79 Å². The molecule has 0 radical (unpaired) electrons. The van der Waals surface area contributed by atoms with Crippen LogP contribution in [0.5, 0.6) is 5.75 Å². The number of phenolic OH excluding ortho intramolecular Hbond substituents is 1. The summed E-state index contributed by atoms with van der Waals surface area (Å²) < 4.78 is 11.0. The monoisotopic (exact) mass is 516 g/mol. The molecular formula is C30H32N2O6. The summed E-state index contributed by atoms with van der Waals surface area (Å²) >= 11 is 0. The van der Waals surface area contributed by atoms with Crippen LogP contribution in [0.2, 0.25) is 0 Å². The fraction of sp³-hybridized carbons (Fsp3) is 0.400. The fourth-order valence-electron chi connectivity index (χ4n) is 6.17. The number of carbonyl (C=O) groups excluding carboxylic acids is 3. The highest BCUT2D eigenvalue weighted by atomic mass is 16.5. The minimum Gasteiger partial charge on any atom is -0.508 e. The summed E-state index contributed by atoms with van der Waals surface area (Å²) in [4.78, 5) is 43.7. The number of amides is 3. The van der Waals surface area contributed by atoms with Gasteiger partial charge in [-0.05, 0) is 72.7 Å². The van der Waals surface area contributed by atoms with Crippen LogP contribution in [-0.4, -0.2) is 52.7 Å². The molecule has 2 aliphatic heterocycles. The highest BCUT2D eigenvalue weighted by Gasteiger charge is 2.58. The number of phenols is 1. The van der Waals surface area contributed by atoms with Crippen LogP contribution in [0.15, 0.2) is 59.8 Å². The summed E-state index contributed by atoms with van der Waals surface area (Å²) in [5, 5.41) is 9.67. The second kappa shape index (κ2) is 10.9. The van der Waals surface area contributed by atoms with Gasteiger partial charge in [0.25, 0.3) is 0 Å². The lowest BCUT2D eigenvalue weighted by Gasteiger charge is -2.31. The minimum absolute atomic E-state index is 0.176. The molecule has 2 fully saturated rings. The molecule has 2 aromatic rings. The van der Waals surface area contributed by atoms with Gasteiger partial charge < -0.3 is 14.6 Å². The van der Waals surface area contributed by atoms with Crippen molar-refractivity contribution in [2.45, 2.75) is 45.1 Å². The van der Waals surface area contributed by atoms with E-state index in [9.17, 15) is 19.5 Å². The van der Waals surface area contributed by atoms with Gasteiger partial charge in [0.05, 0.1) is 37.4 Å². The Hall–Kier alpha value is -3.78. The molecule has 1 aromatic carbocycles. The Kier molecular flexibility index (Phi) is 7.42. The van der Waals surface area contributed by atoms with E-state index in [0.29, 0.717) is 30.8 Å². The first-order valence-corrected chi connectivity index (χ1v) is 13.1. The maximum Gasteiger partial charge on any atom is 0.423 e. The van der Waals surface area contributed by atoms with E-state index in [4.69, 9.17) is 9.47 Å². The number of carbonyl (C=O) groups is 3. The van der Waals surface area contributed by atoms with Crippen LogP contribution in [-0.2, 0) is 19.1 Å². The maximum atomic E-state index is 13.2. The SMILES string of the molecule is CCCC1=C2[C@@H](CC/C(=C/c3ccc(O)cc3)c3ccccn3)OC[C@@H]2[C@@H]2C(=O)N(C(=O)OC)C(=O)[C@@H]2C1. The van der Waals surface area contributed by atoms with Gasteiger partial charge in [0.2, 0.25) is 11.8 Å². The standard InChI is InChI=1S/C30H32N2O6/c1-3-6-20-16-22-27(29(35)32(28(22)34)30(36)37-2)23-17-38-25(26(20)23)13-10-19(24-7-4-5-14-31-24)15-18-8-11-21(33)12-9-18/h4-5,7-9,11-12,14-15,22-23,25,27,33H,3,6,10,13,16-17H2,1-2H3/b19-15-/t22-,23+,25-,27-/m1/s1. The molecule has 0 saturated carbocycles. The van der Waals surface area contributed by atoms with Crippen molar-refractivity contribution in [2.24, 2.45) is 17.8 Å². The van der Waals surface area contributed by atoms with Crippen LogP contribution in [0.3, 0.4) is 0 Å². The highest BCUT2D eigenvalue weighted by Crippen LogP contribution is 2.51. The van der Waals surface area contributed by atoms with E-state index in [0.717, 1.165) is 35.2 Å². The van der Waals surface area contributed by atoms with E-state index in [2.05, 4.69) is 18.0 Å². The Bertz CT molecular complexity index is 1280. The summed E-state index contributed by atoms with van der Waals surface area (Å²) in [6.45, 7) is 2.45. The maximum absolute atomic E-state index is 13.2. The van der Waals surface area contributed by atoms with Gasteiger partial charge in [0.15, 0.2) is 0 Å². The van der Waals surface area contributed by atoms with E-state index in [1.807, 2.05) is 30.3 Å². The zero-order valence-electron chi connectivity index (χ0n) is 21.6. The van der Waals surface area contributed by atoms with Crippen molar-refractivity contribution in [3.8, 4) is 5.75 Å². The number of imide groups is 3. The van der Waals surface area contributed by atoms with Gasteiger partial charge in [-0.25, -0.2) is 4.79 Å². The molecule has 0 bridgehead atoms. The van der Waals surface area contributed by atoms with Crippen LogP contribution >= 0.6 is 0 Å². The molecule has 0 spiro atoms. The number of ether oxygens (including phenoxy) is 2. The Morgan fingerprint density at radius 3 is 2.63 bits per heavy atom. The number of pyridine rings is 1. The number of likely N-dealkylation sites (tertiary alicyclic amines) is 1. The Balaban J connectivity index is 1.42. The number of fused-ring (bicyclic) bond motifs is 3. The molecular weight excluding hydrogens is 484 g/mol. The van der Waals surface area contributed by atoms with Crippen molar-refractivity contribution in [3.63, 3.8) is 0 Å². The van der Waals surface area contributed by atoms with E-state index in [-0.39, 0.29) is 17.8 Å². The van der Waals surface area contributed by atoms with Gasteiger partial charge in [-0.3, -0.25) is 14.6 Å². The third kappa shape index (κ3) is 4.76. The van der Waals surface area contributed by atoms with Crippen LogP contribution < -0.4 is 0 Å². The molecule has 8 nitrogen and oxygen atoms in total. The number of methoxy groups -OCH3 is 1. The Morgan fingerprint density at radius 1 is 1.16 bits per heavy atom. The average Bonchev–Trinajstić information content (AvgIpc) is 3.46. The lowest BCUT2D eigenvalue weighted by Crippen LogP contribution is -2.38. The van der Waals surface area contributed by atoms with E-state index in [1.165, 1.54) is 12.7 Å². The van der Waals surface area contributed by atoms with Gasteiger partial charge in [0, 0.05) is 12.1 Å². The summed E-state index contributed by atoms with van der Waals surface area (Å²) in [6.07, 6.45) is 6.34. The van der Waals surface area contributed by atoms with Gasteiger partial charge in [-0.2, -0.15) is 4.90 Å². The van der Waals surface area contributed by atoms with Gasteiger partial charge >= 0.3 is 6.09 Å². The van der Waals surface area contributed by atoms with Gasteiger partial charge in [-0.1, -0.05) is 37.1 Å². The second-order valence-corrected chi connectivity index (χ2v) is 10.1. The molecule has 1 N–H and O–H groups in total. The summed E-state index contributed by atoms with van der Waals surface area (Å²) in [6, 6.07) is 12.8. The zero-order valence-corrected chi connectivity index (χ0v) is 21.6. The molecule has 1 aliphatic carbocycles. The fourth-order valence-corrected chi connectivity index (χ4v) is 6.17. The molecule has 4 atom stereocenters. The molecule has 38 heavy (non-hydrogen) atoms. The lowest BCUT2D eigenvalue weighted by atomic mass is 9.68. The molecule has 5 rings (SSSR count). The number of hydrogen-bond acceptors (Lipinski definition) is 7. The summed E-state index contributed by atoms with van der Waals surface area (Å²) in [7, 11) is 1.18. The number of aromatic nitrogens is 1. The largest absolute Gasteiger partial charge is 0.508 e. The molecule has 3 amide bonds. The Morgan fingerprint density at radius 2 is 1.95 bits per heavy atom. The number of rotatable bonds is 7. The number of allylic oxidation sites excluding steroid dienone is 2. The van der Waals surface area contributed by atoms with Crippen molar-refractivity contribution in [1.82, 2.24) is 9.88 Å². The first-order chi connectivity index (χ1) is 18.4. The van der Waals surface area contributed by atoms with Crippen molar-refractivity contribution in [1.29, 1.82) is 0 Å². The molecule has 3 heterocycles. The van der Waals surface area contributed by atoms with Crippen molar-refractivity contribution >= 4 is 29.6 Å². The van der Waals surface area contributed by atoms with Crippen molar-refractivity contribution < 1.29 is 29.0 Å². The third-order valence-corrected chi connectivity index (χ3v) is 7.82. The van der Waals surface area contributed by atoms with E-state index in [1.54, 1.807) is 18.3 Å². The molecule has 0 unspecified atom stereocenters. The lowest BCUT2D eigenvalue weighted by molar-refractivity contribution is -0.137. The van der Waals surface area contributed by atoms with Crippen molar-refractivity contribution in [2.75, 3.05) is 13.7 Å². The molecule has 1 aromatic heterocycles. The molecule has 8 heteroatoms. The normalized spacial score (nSPS) is 25.0. The van der Waals surface area contributed by atoms with Crippen LogP contribution in [0.25, 0.3) is 11.6 Å². The second-order valence-electron chi connectivity index (χ2n) is 10.1. The van der Waals surface area contributed by atoms with E-state index < -0.39 is 29.7 Å². The quantitative estimate of drug-likeness (QED) is 0.408. The number of hydrogen-bond donors (Lipinski definition) is 1. The summed E-state index contributed by atoms with van der Waals surface area (Å²) in [5.41, 5.74) is 5.17. The first kappa shape index (κ1) is 25.9. The van der Waals surface area contributed by atoms with Crippen molar-refractivity contribution in [3.05, 3.63) is 71.1 Å². The average molecular weight is 517 g/mol. The number of aromatic hydroxyl groups is 1. The number of nitrogens with zero attached hydrogens (tertiary/aromatic N) is 2. The molecule has 198 valence electrons. The van der Waals surface area contributed by atoms with Gasteiger partial charge in [0.1, 0.15) is 5.75 Å². The first-order valence-electron chi connectivity index (χ1n) is 13.1.